The Morgan fingerprint density at radius 3 is 2.69 bits per heavy atom. The number of benzene rings is 1. The van der Waals surface area contributed by atoms with E-state index in [0.717, 1.165) is 31.6 Å². The smallest absolute Gasteiger partial charge is 0.127 e. The van der Waals surface area contributed by atoms with Gasteiger partial charge in [0, 0.05) is 30.9 Å². The standard InChI is InChI=1S/C13H18FNO/c1-10(12-4-2-3-5-13(12)14)15-11-6-8-16-9-7-11/h2-5,10-11,15H,6-9H2,1H3/t10-/m1/s1. The summed E-state index contributed by atoms with van der Waals surface area (Å²) in [7, 11) is 0. The lowest BCUT2D eigenvalue weighted by Gasteiger charge is -2.27. The summed E-state index contributed by atoms with van der Waals surface area (Å²) in [4.78, 5) is 0. The van der Waals surface area contributed by atoms with Crippen LogP contribution in [0, 0.1) is 5.82 Å². The molecule has 3 heteroatoms. The van der Waals surface area contributed by atoms with E-state index in [1.807, 2.05) is 19.1 Å². The van der Waals surface area contributed by atoms with Crippen molar-refractivity contribution >= 4 is 0 Å². The van der Waals surface area contributed by atoms with Crippen LogP contribution in [0.1, 0.15) is 31.4 Å². The molecule has 2 nitrogen and oxygen atoms in total. The molecule has 0 radical (unpaired) electrons. The summed E-state index contributed by atoms with van der Waals surface area (Å²) >= 11 is 0. The Bertz CT molecular complexity index is 336. The van der Waals surface area contributed by atoms with Crippen LogP contribution in [-0.2, 0) is 4.74 Å². The van der Waals surface area contributed by atoms with Gasteiger partial charge in [-0.1, -0.05) is 18.2 Å². The molecule has 2 rings (SSSR count). The van der Waals surface area contributed by atoms with E-state index in [1.54, 1.807) is 6.07 Å². The summed E-state index contributed by atoms with van der Waals surface area (Å²) in [6.45, 7) is 3.62. The lowest BCUT2D eigenvalue weighted by molar-refractivity contribution is 0.0753. The zero-order valence-electron chi connectivity index (χ0n) is 9.58. The second kappa shape index (κ2) is 5.41. The molecular formula is C13H18FNO. The van der Waals surface area contributed by atoms with Crippen LogP contribution < -0.4 is 5.32 Å². The first kappa shape index (κ1) is 11.6. The van der Waals surface area contributed by atoms with Crippen molar-refractivity contribution in [1.82, 2.24) is 5.32 Å². The Morgan fingerprint density at radius 1 is 1.31 bits per heavy atom. The molecule has 1 aromatic rings. The van der Waals surface area contributed by atoms with Crippen molar-refractivity contribution < 1.29 is 9.13 Å². The average Bonchev–Trinajstić information content (AvgIpc) is 2.31. The highest BCUT2D eigenvalue weighted by Gasteiger charge is 2.17. The second-order valence-corrected chi connectivity index (χ2v) is 4.30. The largest absolute Gasteiger partial charge is 0.381 e. The minimum Gasteiger partial charge on any atom is -0.381 e. The predicted molar refractivity (Wildman–Crippen MR) is 61.8 cm³/mol. The van der Waals surface area contributed by atoms with Gasteiger partial charge in [-0.3, -0.25) is 0 Å². The van der Waals surface area contributed by atoms with Gasteiger partial charge in [-0.05, 0) is 25.8 Å². The average molecular weight is 223 g/mol. The molecule has 1 atom stereocenters. The molecule has 16 heavy (non-hydrogen) atoms. The van der Waals surface area contributed by atoms with Gasteiger partial charge in [0.1, 0.15) is 5.82 Å². The van der Waals surface area contributed by atoms with Crippen LogP contribution in [0.15, 0.2) is 24.3 Å². The van der Waals surface area contributed by atoms with Gasteiger partial charge >= 0.3 is 0 Å². The maximum absolute atomic E-state index is 13.5. The molecule has 1 aliphatic rings. The molecule has 0 spiro atoms. The Kier molecular flexibility index (Phi) is 3.91. The summed E-state index contributed by atoms with van der Waals surface area (Å²) in [5, 5.41) is 3.46. The molecule has 1 aromatic carbocycles. The van der Waals surface area contributed by atoms with E-state index < -0.39 is 0 Å². The summed E-state index contributed by atoms with van der Waals surface area (Å²) in [5.74, 6) is -0.130. The van der Waals surface area contributed by atoms with Gasteiger partial charge in [0.15, 0.2) is 0 Å². The minimum absolute atomic E-state index is 0.0595. The Labute approximate surface area is 95.8 Å². The summed E-state index contributed by atoms with van der Waals surface area (Å²) < 4.78 is 18.8. The maximum Gasteiger partial charge on any atom is 0.127 e. The van der Waals surface area contributed by atoms with E-state index in [1.165, 1.54) is 6.07 Å². The molecule has 1 fully saturated rings. The van der Waals surface area contributed by atoms with Crippen LogP contribution in [0.4, 0.5) is 4.39 Å². The highest BCUT2D eigenvalue weighted by molar-refractivity contribution is 5.20. The number of nitrogens with one attached hydrogen (secondary N) is 1. The zero-order valence-corrected chi connectivity index (χ0v) is 9.58. The van der Waals surface area contributed by atoms with Crippen LogP contribution in [-0.4, -0.2) is 19.3 Å². The number of ether oxygens (including phenoxy) is 1. The molecule has 1 N–H and O–H groups in total. The van der Waals surface area contributed by atoms with Crippen LogP contribution in [0.5, 0.6) is 0 Å². The maximum atomic E-state index is 13.5. The third-order valence-corrected chi connectivity index (χ3v) is 3.08. The molecule has 0 unspecified atom stereocenters. The first-order valence-electron chi connectivity index (χ1n) is 5.85. The van der Waals surface area contributed by atoms with E-state index in [9.17, 15) is 4.39 Å². The number of rotatable bonds is 3. The third-order valence-electron chi connectivity index (χ3n) is 3.08. The number of hydrogen-bond donors (Lipinski definition) is 1. The minimum atomic E-state index is -0.130. The number of halogens is 1. The highest BCUT2D eigenvalue weighted by atomic mass is 19.1. The van der Waals surface area contributed by atoms with Crippen molar-refractivity contribution in [1.29, 1.82) is 0 Å². The summed E-state index contributed by atoms with van der Waals surface area (Å²) in [5.41, 5.74) is 0.744. The SMILES string of the molecule is C[C@@H](NC1CCOCC1)c1ccccc1F. The molecule has 0 aromatic heterocycles. The molecule has 1 aliphatic heterocycles. The van der Waals surface area contributed by atoms with Crippen LogP contribution in [0.3, 0.4) is 0 Å². The van der Waals surface area contributed by atoms with Crippen molar-refractivity contribution in [3.63, 3.8) is 0 Å². The molecule has 0 amide bonds. The second-order valence-electron chi connectivity index (χ2n) is 4.30. The molecule has 0 bridgehead atoms. The molecule has 0 saturated carbocycles. The van der Waals surface area contributed by atoms with Crippen LogP contribution in [0.25, 0.3) is 0 Å². The summed E-state index contributed by atoms with van der Waals surface area (Å²) in [6, 6.07) is 7.46. The van der Waals surface area contributed by atoms with Gasteiger partial charge in [-0.2, -0.15) is 0 Å². The monoisotopic (exact) mass is 223 g/mol. The van der Waals surface area contributed by atoms with Gasteiger partial charge < -0.3 is 10.1 Å². The highest BCUT2D eigenvalue weighted by Crippen LogP contribution is 2.18. The van der Waals surface area contributed by atoms with E-state index in [-0.39, 0.29) is 11.9 Å². The fourth-order valence-electron chi connectivity index (χ4n) is 2.13. The Balaban J connectivity index is 1.96. The Hall–Kier alpha value is -0.930. The fraction of sp³-hybridized carbons (Fsp3) is 0.538. The van der Waals surface area contributed by atoms with E-state index in [2.05, 4.69) is 5.32 Å². The van der Waals surface area contributed by atoms with Crippen LogP contribution in [0.2, 0.25) is 0 Å². The van der Waals surface area contributed by atoms with Gasteiger partial charge in [-0.25, -0.2) is 4.39 Å². The molecular weight excluding hydrogens is 205 g/mol. The third kappa shape index (κ3) is 2.80. The lowest BCUT2D eigenvalue weighted by Crippen LogP contribution is -2.36. The Morgan fingerprint density at radius 2 is 2.00 bits per heavy atom. The van der Waals surface area contributed by atoms with E-state index >= 15 is 0 Å². The van der Waals surface area contributed by atoms with E-state index in [4.69, 9.17) is 4.74 Å². The van der Waals surface area contributed by atoms with Crippen molar-refractivity contribution in [3.05, 3.63) is 35.6 Å². The van der Waals surface area contributed by atoms with Crippen molar-refractivity contribution in [2.24, 2.45) is 0 Å². The molecule has 1 saturated heterocycles. The van der Waals surface area contributed by atoms with Crippen molar-refractivity contribution in [2.75, 3.05) is 13.2 Å². The first-order valence-corrected chi connectivity index (χ1v) is 5.85. The predicted octanol–water partition coefficient (Wildman–Crippen LogP) is 2.66. The summed E-state index contributed by atoms with van der Waals surface area (Å²) in [6.07, 6.45) is 2.03. The molecule has 88 valence electrons. The van der Waals surface area contributed by atoms with Gasteiger partial charge in [-0.15, -0.1) is 0 Å². The van der Waals surface area contributed by atoms with Crippen molar-refractivity contribution in [3.8, 4) is 0 Å². The van der Waals surface area contributed by atoms with Gasteiger partial charge in [0.25, 0.3) is 0 Å². The van der Waals surface area contributed by atoms with Crippen LogP contribution >= 0.6 is 0 Å². The van der Waals surface area contributed by atoms with Gasteiger partial charge in [0.2, 0.25) is 0 Å². The molecule has 0 aliphatic carbocycles. The van der Waals surface area contributed by atoms with Gasteiger partial charge in [0.05, 0.1) is 0 Å². The van der Waals surface area contributed by atoms with E-state index in [0.29, 0.717) is 6.04 Å². The molecule has 1 heterocycles. The normalized spacial score (nSPS) is 19.6. The van der Waals surface area contributed by atoms with Crippen molar-refractivity contribution in [2.45, 2.75) is 31.8 Å². The topological polar surface area (TPSA) is 21.3 Å². The number of hydrogen-bond acceptors (Lipinski definition) is 2. The fourth-order valence-corrected chi connectivity index (χ4v) is 2.13. The quantitative estimate of drug-likeness (QED) is 0.850. The zero-order chi connectivity index (χ0) is 11.4. The first-order chi connectivity index (χ1) is 7.77. The lowest BCUT2D eigenvalue weighted by atomic mass is 10.0.